The van der Waals surface area contributed by atoms with E-state index < -0.39 is 0 Å². The SMILES string of the molecule is O=C(CCc1nc(-c2ccccc2)c(-c2ccccc2)o1)NC1CCc2ccccc21. The fraction of sp³-hybridized carbons (Fsp3) is 0.185. The maximum Gasteiger partial charge on any atom is 0.220 e. The number of fused-ring (bicyclic) bond motifs is 1. The van der Waals surface area contributed by atoms with Gasteiger partial charge in [0.05, 0.1) is 6.04 Å². The Morgan fingerprint density at radius 1 is 0.903 bits per heavy atom. The van der Waals surface area contributed by atoms with Crippen molar-refractivity contribution in [1.29, 1.82) is 0 Å². The van der Waals surface area contributed by atoms with Crippen molar-refractivity contribution in [3.63, 3.8) is 0 Å². The molecule has 1 heterocycles. The van der Waals surface area contributed by atoms with Gasteiger partial charge in [0.2, 0.25) is 5.91 Å². The summed E-state index contributed by atoms with van der Waals surface area (Å²) in [6.45, 7) is 0. The lowest BCUT2D eigenvalue weighted by Gasteiger charge is -2.13. The summed E-state index contributed by atoms with van der Waals surface area (Å²) >= 11 is 0. The molecule has 1 N–H and O–H groups in total. The first-order chi connectivity index (χ1) is 15.3. The molecular formula is C27H24N2O2. The lowest BCUT2D eigenvalue weighted by molar-refractivity contribution is -0.121. The molecule has 4 aromatic rings. The molecule has 1 unspecified atom stereocenters. The minimum atomic E-state index is 0.0300. The van der Waals surface area contributed by atoms with E-state index in [0.717, 1.165) is 35.4 Å². The Hall–Kier alpha value is -3.66. The summed E-state index contributed by atoms with van der Waals surface area (Å²) in [4.78, 5) is 17.4. The van der Waals surface area contributed by atoms with Gasteiger partial charge in [0.25, 0.3) is 0 Å². The van der Waals surface area contributed by atoms with Crippen molar-refractivity contribution in [1.82, 2.24) is 10.3 Å². The molecule has 1 aliphatic rings. The predicted octanol–water partition coefficient (Wildman–Crippen LogP) is 5.74. The fourth-order valence-electron chi connectivity index (χ4n) is 4.24. The number of carbonyl (C=O) groups is 1. The molecule has 0 saturated carbocycles. The van der Waals surface area contributed by atoms with E-state index in [9.17, 15) is 4.79 Å². The van der Waals surface area contributed by atoms with Crippen LogP contribution in [0.15, 0.2) is 89.3 Å². The molecule has 1 amide bonds. The normalized spacial score (nSPS) is 14.9. The van der Waals surface area contributed by atoms with E-state index >= 15 is 0 Å². The number of nitrogens with one attached hydrogen (secondary N) is 1. The van der Waals surface area contributed by atoms with Crippen LogP contribution in [0.3, 0.4) is 0 Å². The number of hydrogen-bond donors (Lipinski definition) is 1. The van der Waals surface area contributed by atoms with Crippen molar-refractivity contribution >= 4 is 5.91 Å². The van der Waals surface area contributed by atoms with Crippen molar-refractivity contribution in [2.45, 2.75) is 31.7 Å². The third-order valence-corrected chi connectivity index (χ3v) is 5.79. The maximum absolute atomic E-state index is 12.6. The molecule has 0 radical (unpaired) electrons. The lowest BCUT2D eigenvalue weighted by Crippen LogP contribution is -2.27. The first-order valence-electron chi connectivity index (χ1n) is 10.8. The Morgan fingerprint density at radius 3 is 2.35 bits per heavy atom. The third kappa shape index (κ3) is 4.15. The zero-order valence-electron chi connectivity index (χ0n) is 17.3. The quantitative estimate of drug-likeness (QED) is 0.442. The summed E-state index contributed by atoms with van der Waals surface area (Å²) < 4.78 is 6.14. The monoisotopic (exact) mass is 408 g/mol. The van der Waals surface area contributed by atoms with Gasteiger partial charge in [-0.3, -0.25) is 4.79 Å². The van der Waals surface area contributed by atoms with Crippen LogP contribution in [0.1, 0.15) is 35.9 Å². The molecule has 154 valence electrons. The molecule has 0 bridgehead atoms. The topological polar surface area (TPSA) is 55.1 Å². The Kier molecular flexibility index (Phi) is 5.36. The van der Waals surface area contributed by atoms with Gasteiger partial charge in [-0.1, -0.05) is 84.9 Å². The number of rotatable bonds is 6. The van der Waals surface area contributed by atoms with E-state index in [4.69, 9.17) is 9.40 Å². The lowest BCUT2D eigenvalue weighted by atomic mass is 10.1. The van der Waals surface area contributed by atoms with Crippen molar-refractivity contribution in [3.8, 4) is 22.6 Å². The second-order valence-electron chi connectivity index (χ2n) is 7.87. The second-order valence-corrected chi connectivity index (χ2v) is 7.87. The van der Waals surface area contributed by atoms with Crippen LogP contribution in [-0.4, -0.2) is 10.9 Å². The molecule has 0 saturated heterocycles. The molecule has 4 nitrogen and oxygen atoms in total. The highest BCUT2D eigenvalue weighted by atomic mass is 16.4. The van der Waals surface area contributed by atoms with Gasteiger partial charge in [-0.25, -0.2) is 4.98 Å². The van der Waals surface area contributed by atoms with Gasteiger partial charge < -0.3 is 9.73 Å². The van der Waals surface area contributed by atoms with E-state index in [1.54, 1.807) is 0 Å². The van der Waals surface area contributed by atoms with Crippen LogP contribution in [0.25, 0.3) is 22.6 Å². The summed E-state index contributed by atoms with van der Waals surface area (Å²) in [6.07, 6.45) is 2.79. The van der Waals surface area contributed by atoms with Crippen LogP contribution in [0, 0.1) is 0 Å². The number of amides is 1. The van der Waals surface area contributed by atoms with Gasteiger partial charge in [-0.05, 0) is 24.0 Å². The Labute approximate surface area is 182 Å². The van der Waals surface area contributed by atoms with Crippen LogP contribution in [-0.2, 0) is 17.6 Å². The van der Waals surface area contributed by atoms with Gasteiger partial charge in [-0.2, -0.15) is 0 Å². The van der Waals surface area contributed by atoms with Crippen molar-refractivity contribution in [2.24, 2.45) is 0 Å². The maximum atomic E-state index is 12.6. The second kappa shape index (κ2) is 8.60. The molecule has 3 aromatic carbocycles. The average Bonchev–Trinajstić information content (AvgIpc) is 3.44. The highest BCUT2D eigenvalue weighted by Crippen LogP contribution is 2.33. The van der Waals surface area contributed by atoms with E-state index in [1.165, 1.54) is 11.1 Å². The molecule has 1 atom stereocenters. The number of hydrogen-bond acceptors (Lipinski definition) is 3. The number of carbonyl (C=O) groups excluding carboxylic acids is 1. The number of aryl methyl sites for hydroxylation is 2. The van der Waals surface area contributed by atoms with Crippen molar-refractivity contribution in [2.75, 3.05) is 0 Å². The molecule has 0 spiro atoms. The number of nitrogens with zero attached hydrogens (tertiary/aromatic N) is 1. The van der Waals surface area contributed by atoms with E-state index in [0.29, 0.717) is 18.7 Å². The summed E-state index contributed by atoms with van der Waals surface area (Å²) in [7, 11) is 0. The number of aromatic nitrogens is 1. The highest BCUT2D eigenvalue weighted by Gasteiger charge is 2.24. The minimum Gasteiger partial charge on any atom is -0.440 e. The zero-order valence-corrected chi connectivity index (χ0v) is 17.3. The molecule has 1 aliphatic carbocycles. The third-order valence-electron chi connectivity index (χ3n) is 5.79. The van der Waals surface area contributed by atoms with E-state index in [-0.39, 0.29) is 11.9 Å². The van der Waals surface area contributed by atoms with Crippen LogP contribution in [0.2, 0.25) is 0 Å². The Balaban J connectivity index is 1.32. The van der Waals surface area contributed by atoms with Crippen LogP contribution >= 0.6 is 0 Å². The first kappa shape index (κ1) is 19.3. The van der Waals surface area contributed by atoms with Gasteiger partial charge >= 0.3 is 0 Å². The Bertz CT molecular complexity index is 1130. The summed E-state index contributed by atoms with van der Waals surface area (Å²) in [5, 5.41) is 3.18. The van der Waals surface area contributed by atoms with E-state index in [2.05, 4.69) is 23.5 Å². The van der Waals surface area contributed by atoms with Crippen LogP contribution in [0.4, 0.5) is 0 Å². The molecule has 0 fully saturated rings. The van der Waals surface area contributed by atoms with Gasteiger partial charge in [0.1, 0.15) is 5.69 Å². The van der Waals surface area contributed by atoms with E-state index in [1.807, 2.05) is 66.7 Å². The molecule has 31 heavy (non-hydrogen) atoms. The average molecular weight is 409 g/mol. The number of benzene rings is 3. The van der Waals surface area contributed by atoms with Crippen LogP contribution < -0.4 is 5.32 Å². The molecular weight excluding hydrogens is 384 g/mol. The fourth-order valence-corrected chi connectivity index (χ4v) is 4.24. The standard InChI is InChI=1S/C27H24N2O2/c30-24(28-23-16-15-19-9-7-8-14-22(19)23)17-18-25-29-26(20-10-3-1-4-11-20)27(31-25)21-12-5-2-6-13-21/h1-14,23H,15-18H2,(H,28,30). The van der Waals surface area contributed by atoms with Gasteiger partial charge in [0.15, 0.2) is 11.7 Å². The highest BCUT2D eigenvalue weighted by molar-refractivity contribution is 5.78. The summed E-state index contributed by atoms with van der Waals surface area (Å²) in [5.41, 5.74) is 5.37. The zero-order chi connectivity index (χ0) is 21.0. The van der Waals surface area contributed by atoms with Gasteiger partial charge in [0, 0.05) is 24.0 Å². The molecule has 0 aliphatic heterocycles. The number of oxazole rings is 1. The summed E-state index contributed by atoms with van der Waals surface area (Å²) in [6, 6.07) is 28.4. The first-order valence-corrected chi connectivity index (χ1v) is 10.8. The van der Waals surface area contributed by atoms with Crippen molar-refractivity contribution < 1.29 is 9.21 Å². The smallest absolute Gasteiger partial charge is 0.220 e. The van der Waals surface area contributed by atoms with Gasteiger partial charge in [-0.15, -0.1) is 0 Å². The van der Waals surface area contributed by atoms with Crippen molar-refractivity contribution in [3.05, 3.63) is 102 Å². The predicted molar refractivity (Wildman–Crippen MR) is 121 cm³/mol. The van der Waals surface area contributed by atoms with Crippen LogP contribution in [0.5, 0.6) is 0 Å². The Morgan fingerprint density at radius 2 is 1.58 bits per heavy atom. The molecule has 5 rings (SSSR count). The minimum absolute atomic E-state index is 0.0300. The largest absolute Gasteiger partial charge is 0.440 e. The summed E-state index contributed by atoms with van der Waals surface area (Å²) in [5.74, 6) is 1.36. The molecule has 1 aromatic heterocycles. The molecule has 4 heteroatoms.